The fraction of sp³-hybridized carbons (Fsp3) is 0.593. The third-order valence-electron chi connectivity index (χ3n) is 7.45. The molecule has 0 spiro atoms. The number of aromatic nitrogens is 4. The molecule has 196 valence electrons. The molecular formula is C27H34N6O4. The number of rotatable bonds is 10. The predicted molar refractivity (Wildman–Crippen MR) is 135 cm³/mol. The summed E-state index contributed by atoms with van der Waals surface area (Å²) >= 11 is 0. The quantitative estimate of drug-likeness (QED) is 0.394. The van der Waals surface area contributed by atoms with Crippen LogP contribution in [-0.4, -0.2) is 62.1 Å². The van der Waals surface area contributed by atoms with Gasteiger partial charge in [-0.3, -0.25) is 4.90 Å². The Hall–Kier alpha value is -3.27. The number of piperidine rings is 1. The molecule has 3 aromatic rings. The summed E-state index contributed by atoms with van der Waals surface area (Å²) in [5.74, 6) is 3.73. The van der Waals surface area contributed by atoms with Gasteiger partial charge in [-0.2, -0.15) is 9.97 Å². The highest BCUT2D eigenvalue weighted by Gasteiger charge is 2.30. The standard InChI is InChI=1S/C27H34N6O4/c34-22-12-15-32(16-13-22)27(35)33(14-3-1-2-7-23-28-24(30-36-23)18-8-9-18)21-6-4-5-20(17-21)26-29-25(31-37-26)19-10-11-19/h4-6,17-19,22,34H,1-3,7-16H2. The number of amides is 2. The van der Waals surface area contributed by atoms with Gasteiger partial charge < -0.3 is 19.1 Å². The van der Waals surface area contributed by atoms with Gasteiger partial charge in [0, 0.05) is 49.1 Å². The molecule has 0 unspecified atom stereocenters. The Morgan fingerprint density at radius 3 is 2.43 bits per heavy atom. The smallest absolute Gasteiger partial charge is 0.324 e. The van der Waals surface area contributed by atoms with Crippen molar-refractivity contribution in [2.45, 2.75) is 82.1 Å². The molecule has 10 heteroatoms. The molecule has 1 saturated heterocycles. The van der Waals surface area contributed by atoms with Crippen molar-refractivity contribution in [1.29, 1.82) is 0 Å². The van der Waals surface area contributed by atoms with E-state index in [0.29, 0.717) is 56.1 Å². The van der Waals surface area contributed by atoms with Crippen molar-refractivity contribution in [3.8, 4) is 11.5 Å². The summed E-state index contributed by atoms with van der Waals surface area (Å²) in [4.78, 5) is 26.4. The van der Waals surface area contributed by atoms with Crippen molar-refractivity contribution in [2.75, 3.05) is 24.5 Å². The topological polar surface area (TPSA) is 122 Å². The van der Waals surface area contributed by atoms with E-state index in [1.165, 1.54) is 0 Å². The molecular weight excluding hydrogens is 472 g/mol. The number of hydrogen-bond donors (Lipinski definition) is 1. The number of likely N-dealkylation sites (tertiary alicyclic amines) is 1. The molecule has 1 aliphatic heterocycles. The first-order valence-corrected chi connectivity index (χ1v) is 13.6. The van der Waals surface area contributed by atoms with Crippen molar-refractivity contribution >= 4 is 11.7 Å². The number of aryl methyl sites for hydroxylation is 1. The Balaban J connectivity index is 1.11. The molecule has 2 aromatic heterocycles. The van der Waals surface area contributed by atoms with E-state index >= 15 is 0 Å². The first kappa shape index (κ1) is 24.1. The van der Waals surface area contributed by atoms with Crippen LogP contribution >= 0.6 is 0 Å². The first-order chi connectivity index (χ1) is 18.1. The predicted octanol–water partition coefficient (Wildman–Crippen LogP) is 4.67. The van der Waals surface area contributed by atoms with Crippen molar-refractivity contribution in [1.82, 2.24) is 25.2 Å². The van der Waals surface area contributed by atoms with E-state index in [0.717, 1.165) is 74.3 Å². The number of carbonyl (C=O) groups excluding carboxylic acids is 1. The zero-order valence-electron chi connectivity index (χ0n) is 21.1. The van der Waals surface area contributed by atoms with E-state index in [1.807, 2.05) is 34.1 Å². The molecule has 2 saturated carbocycles. The molecule has 2 amide bonds. The summed E-state index contributed by atoms with van der Waals surface area (Å²) in [5, 5.41) is 18.1. The van der Waals surface area contributed by atoms with Gasteiger partial charge in [0.05, 0.1) is 6.10 Å². The molecule has 0 atom stereocenters. The maximum absolute atomic E-state index is 13.6. The number of nitrogens with zero attached hydrogens (tertiary/aromatic N) is 6. The average molecular weight is 507 g/mol. The van der Waals surface area contributed by atoms with E-state index in [2.05, 4.69) is 20.3 Å². The molecule has 3 fully saturated rings. The lowest BCUT2D eigenvalue weighted by atomic mass is 10.1. The lowest BCUT2D eigenvalue weighted by Gasteiger charge is -2.34. The van der Waals surface area contributed by atoms with Crippen molar-refractivity contribution in [3.05, 3.63) is 41.8 Å². The molecule has 10 nitrogen and oxygen atoms in total. The Kier molecular flexibility index (Phi) is 6.91. The van der Waals surface area contributed by atoms with Crippen LogP contribution in [0.4, 0.5) is 10.5 Å². The van der Waals surface area contributed by atoms with Gasteiger partial charge in [0.15, 0.2) is 11.6 Å². The van der Waals surface area contributed by atoms with Gasteiger partial charge in [-0.05, 0) is 69.6 Å². The van der Waals surface area contributed by atoms with Gasteiger partial charge >= 0.3 is 6.03 Å². The highest BCUT2D eigenvalue weighted by atomic mass is 16.5. The molecule has 3 heterocycles. The third-order valence-corrected chi connectivity index (χ3v) is 7.45. The van der Waals surface area contributed by atoms with Crippen LogP contribution in [0.25, 0.3) is 11.5 Å². The van der Waals surface area contributed by atoms with Gasteiger partial charge in [0.1, 0.15) is 0 Å². The largest absolute Gasteiger partial charge is 0.393 e. The zero-order chi connectivity index (χ0) is 25.2. The SMILES string of the molecule is O=C(N1CCC(O)CC1)N(CCCCCc1nc(C2CC2)no1)c1cccc(-c2nc(C3CC3)no2)c1. The van der Waals surface area contributed by atoms with E-state index < -0.39 is 0 Å². The Morgan fingerprint density at radius 2 is 1.68 bits per heavy atom. The Labute approximate surface area is 216 Å². The molecule has 0 bridgehead atoms. The summed E-state index contributed by atoms with van der Waals surface area (Å²) in [7, 11) is 0. The van der Waals surface area contributed by atoms with E-state index in [-0.39, 0.29) is 12.1 Å². The Bertz CT molecular complexity index is 1210. The summed E-state index contributed by atoms with van der Waals surface area (Å²) in [6, 6.07) is 7.75. The van der Waals surface area contributed by atoms with Gasteiger partial charge in [0.2, 0.25) is 5.89 Å². The number of hydrogen-bond acceptors (Lipinski definition) is 8. The minimum Gasteiger partial charge on any atom is -0.393 e. The van der Waals surface area contributed by atoms with Crippen molar-refractivity contribution in [2.24, 2.45) is 0 Å². The van der Waals surface area contributed by atoms with Gasteiger partial charge in [-0.25, -0.2) is 4.79 Å². The third kappa shape index (κ3) is 5.84. The van der Waals surface area contributed by atoms with Gasteiger partial charge in [0.25, 0.3) is 5.89 Å². The van der Waals surface area contributed by atoms with Crippen LogP contribution in [0.5, 0.6) is 0 Å². The number of anilines is 1. The number of benzene rings is 1. The molecule has 3 aliphatic rings. The minimum atomic E-state index is -0.329. The zero-order valence-corrected chi connectivity index (χ0v) is 21.1. The molecule has 6 rings (SSSR count). The van der Waals surface area contributed by atoms with Crippen LogP contribution in [0.2, 0.25) is 0 Å². The lowest BCUT2D eigenvalue weighted by Crippen LogP contribution is -2.48. The molecule has 1 N–H and O–H groups in total. The maximum Gasteiger partial charge on any atom is 0.324 e. The second-order valence-electron chi connectivity index (χ2n) is 10.6. The monoisotopic (exact) mass is 506 g/mol. The van der Waals surface area contributed by atoms with Crippen molar-refractivity contribution < 1.29 is 18.9 Å². The van der Waals surface area contributed by atoms with E-state index in [1.54, 1.807) is 0 Å². The first-order valence-electron chi connectivity index (χ1n) is 13.6. The summed E-state index contributed by atoms with van der Waals surface area (Å²) in [6.45, 7) is 1.71. The molecule has 2 aliphatic carbocycles. The normalized spacial score (nSPS) is 18.4. The number of carbonyl (C=O) groups is 1. The van der Waals surface area contributed by atoms with Crippen LogP contribution in [0, 0.1) is 0 Å². The van der Waals surface area contributed by atoms with Gasteiger partial charge in [-0.1, -0.05) is 22.8 Å². The summed E-state index contributed by atoms with van der Waals surface area (Å²) in [5.41, 5.74) is 1.62. The van der Waals surface area contributed by atoms with Gasteiger partial charge in [-0.15, -0.1) is 0 Å². The summed E-state index contributed by atoms with van der Waals surface area (Å²) in [6.07, 6.45) is 8.91. The fourth-order valence-electron chi connectivity index (χ4n) is 4.83. The second-order valence-corrected chi connectivity index (χ2v) is 10.6. The van der Waals surface area contributed by atoms with Crippen LogP contribution < -0.4 is 4.90 Å². The second kappa shape index (κ2) is 10.6. The summed E-state index contributed by atoms with van der Waals surface area (Å²) < 4.78 is 10.9. The minimum absolute atomic E-state index is 0.0285. The van der Waals surface area contributed by atoms with Crippen LogP contribution in [-0.2, 0) is 6.42 Å². The van der Waals surface area contributed by atoms with E-state index in [4.69, 9.17) is 9.05 Å². The highest BCUT2D eigenvalue weighted by molar-refractivity contribution is 5.92. The van der Waals surface area contributed by atoms with Crippen LogP contribution in [0.1, 0.15) is 87.2 Å². The number of urea groups is 1. The lowest BCUT2D eigenvalue weighted by molar-refractivity contribution is 0.0954. The van der Waals surface area contributed by atoms with E-state index in [9.17, 15) is 9.90 Å². The maximum atomic E-state index is 13.6. The van der Waals surface area contributed by atoms with Crippen LogP contribution in [0.15, 0.2) is 33.3 Å². The average Bonchev–Trinajstić information content (AvgIpc) is 3.86. The highest BCUT2D eigenvalue weighted by Crippen LogP contribution is 2.39. The molecule has 37 heavy (non-hydrogen) atoms. The van der Waals surface area contributed by atoms with Crippen molar-refractivity contribution in [3.63, 3.8) is 0 Å². The van der Waals surface area contributed by atoms with Crippen LogP contribution in [0.3, 0.4) is 0 Å². The fourth-order valence-corrected chi connectivity index (χ4v) is 4.83. The number of unbranched alkanes of at least 4 members (excludes halogenated alkanes) is 2. The number of aliphatic hydroxyl groups excluding tert-OH is 1. The Morgan fingerprint density at radius 1 is 0.946 bits per heavy atom. The molecule has 1 aromatic carbocycles. The number of aliphatic hydroxyl groups is 1. The molecule has 0 radical (unpaired) electrons.